The van der Waals surface area contributed by atoms with Crippen molar-refractivity contribution in [1.29, 1.82) is 0 Å². The number of rotatable bonds is 11. The predicted octanol–water partition coefficient (Wildman–Crippen LogP) is 0.495. The van der Waals surface area contributed by atoms with Crippen LogP contribution in [0.25, 0.3) is 0 Å². The third kappa shape index (κ3) is 5.95. The van der Waals surface area contributed by atoms with Gasteiger partial charge in [0.25, 0.3) is 0 Å². The summed E-state index contributed by atoms with van der Waals surface area (Å²) in [6, 6.07) is 12.4. The first-order valence-electron chi connectivity index (χ1n) is 10.3. The molecule has 34 heavy (non-hydrogen) atoms. The number of aromatic hydroxyl groups is 1. The first-order valence-corrected chi connectivity index (χ1v) is 10.3. The Labute approximate surface area is 197 Å². The van der Waals surface area contributed by atoms with E-state index >= 15 is 0 Å². The summed E-state index contributed by atoms with van der Waals surface area (Å²) in [5, 5.41) is 20.5. The van der Waals surface area contributed by atoms with E-state index in [-0.39, 0.29) is 11.3 Å². The molecule has 0 heterocycles. The fourth-order valence-corrected chi connectivity index (χ4v) is 3.20. The number of hydrazine groups is 2. The quantitative estimate of drug-likeness (QED) is 0.115. The van der Waals surface area contributed by atoms with Gasteiger partial charge in [0, 0.05) is 6.42 Å². The Morgan fingerprint density at radius 1 is 1.03 bits per heavy atom. The molecular weight excluding hydrogens is 444 g/mol. The molecule has 0 amide bonds. The summed E-state index contributed by atoms with van der Waals surface area (Å²) in [5.74, 6) is 8.68. The average molecular weight is 475 g/mol. The molecule has 8 N–H and O–H groups in total. The summed E-state index contributed by atoms with van der Waals surface area (Å²) in [4.78, 5) is 38.0. The zero-order valence-corrected chi connectivity index (χ0v) is 19.2. The minimum absolute atomic E-state index is 0.111. The molecule has 11 nitrogen and oxygen atoms in total. The molecule has 2 aromatic rings. The van der Waals surface area contributed by atoms with Crippen molar-refractivity contribution >= 4 is 17.7 Å². The van der Waals surface area contributed by atoms with Crippen LogP contribution in [0.2, 0.25) is 0 Å². The molecule has 0 saturated heterocycles. The molecule has 0 aliphatic carbocycles. The molecule has 0 aromatic heterocycles. The van der Waals surface area contributed by atoms with Crippen molar-refractivity contribution in [3.63, 3.8) is 0 Å². The molecule has 0 spiro atoms. The van der Waals surface area contributed by atoms with Crippen LogP contribution in [0.3, 0.4) is 0 Å². The Balaban J connectivity index is 2.07. The summed E-state index contributed by atoms with van der Waals surface area (Å²) in [7, 11) is 0. The third-order valence-electron chi connectivity index (χ3n) is 5.64. The highest BCUT2D eigenvalue weighted by molar-refractivity contribution is 5.95. The second kappa shape index (κ2) is 11.2. The molecule has 0 fully saturated rings. The molecule has 184 valence electrons. The summed E-state index contributed by atoms with van der Waals surface area (Å²) in [6.07, 6.45) is -2.00. The van der Waals surface area contributed by atoms with Gasteiger partial charge in [-0.3, -0.25) is 16.5 Å². The number of esters is 2. The molecule has 0 aliphatic heterocycles. The Morgan fingerprint density at radius 3 is 2.29 bits per heavy atom. The van der Waals surface area contributed by atoms with Crippen LogP contribution in [0.4, 0.5) is 0 Å². The number of aliphatic hydroxyl groups excluding tert-OH is 1. The van der Waals surface area contributed by atoms with E-state index in [1.807, 2.05) is 0 Å². The van der Waals surface area contributed by atoms with E-state index in [2.05, 4.69) is 10.9 Å². The Kier molecular flexibility index (Phi) is 8.85. The van der Waals surface area contributed by atoms with Crippen LogP contribution >= 0.6 is 0 Å². The van der Waals surface area contributed by atoms with Gasteiger partial charge in [-0.1, -0.05) is 30.3 Å². The summed E-state index contributed by atoms with van der Waals surface area (Å²) >= 11 is 0. The summed E-state index contributed by atoms with van der Waals surface area (Å²) < 4.78 is 10.0. The second-order valence-corrected chi connectivity index (χ2v) is 8.22. The highest BCUT2D eigenvalue weighted by atomic mass is 16.7. The van der Waals surface area contributed by atoms with Crippen LogP contribution in [0.15, 0.2) is 48.5 Å². The summed E-state index contributed by atoms with van der Waals surface area (Å²) in [5.41, 5.74) is 2.29. The van der Waals surface area contributed by atoms with Crippen LogP contribution in [0, 0.1) is 6.92 Å². The number of aryl methyl sites for hydroxylation is 1. The minimum atomic E-state index is -1.75. The van der Waals surface area contributed by atoms with Gasteiger partial charge in [-0.25, -0.2) is 20.4 Å². The molecule has 2 rings (SSSR count). The van der Waals surface area contributed by atoms with Crippen LogP contribution < -0.4 is 22.5 Å². The topological polar surface area (TPSA) is 186 Å². The van der Waals surface area contributed by atoms with E-state index in [4.69, 9.17) is 21.2 Å². The Morgan fingerprint density at radius 2 is 1.71 bits per heavy atom. The number of carbonyl (C=O) groups excluding carboxylic acids is 3. The SMILES string of the molecule is Cc1ccccc1C(=O)OCOC(=O)[C@](C)(CC(=O)[C@@](C)(NN)[C@@H](O)c1cccc(O)c1)NN. The standard InChI is InChI=1S/C23H30N4O7/c1-14-7-4-5-10-17(14)20(31)33-13-34-21(32)22(2,26-24)12-18(29)23(3,27-25)19(30)15-8-6-9-16(28)11-15/h4-11,19,26-28,30H,12-13,24-25H2,1-3H3/t19-,22-,23+/m0/s1. The average Bonchev–Trinajstić information content (AvgIpc) is 2.82. The van der Waals surface area contributed by atoms with Gasteiger partial charge in [0.05, 0.1) is 5.56 Å². The lowest BCUT2D eigenvalue weighted by Gasteiger charge is -2.35. The van der Waals surface area contributed by atoms with E-state index in [0.29, 0.717) is 11.1 Å². The molecule has 11 heteroatoms. The van der Waals surface area contributed by atoms with Crippen molar-refractivity contribution in [1.82, 2.24) is 10.9 Å². The molecule has 0 saturated carbocycles. The van der Waals surface area contributed by atoms with Crippen molar-refractivity contribution in [3.8, 4) is 5.75 Å². The normalized spacial score (nSPS) is 15.5. The number of hydrogen-bond donors (Lipinski definition) is 6. The number of nitrogens with one attached hydrogen (secondary N) is 2. The van der Waals surface area contributed by atoms with Crippen molar-refractivity contribution in [2.45, 2.75) is 44.4 Å². The predicted molar refractivity (Wildman–Crippen MR) is 122 cm³/mol. The fourth-order valence-electron chi connectivity index (χ4n) is 3.20. The Hall–Kier alpha value is -3.35. The van der Waals surface area contributed by atoms with Gasteiger partial charge in [0.15, 0.2) is 5.78 Å². The van der Waals surface area contributed by atoms with E-state index in [0.717, 1.165) is 0 Å². The number of phenols is 1. The largest absolute Gasteiger partial charge is 0.508 e. The number of ether oxygens (including phenoxy) is 2. The number of aliphatic hydroxyl groups is 1. The van der Waals surface area contributed by atoms with E-state index in [9.17, 15) is 24.6 Å². The van der Waals surface area contributed by atoms with Gasteiger partial charge in [-0.2, -0.15) is 0 Å². The fraction of sp³-hybridized carbons (Fsp3) is 0.348. The van der Waals surface area contributed by atoms with Crippen molar-refractivity contribution in [2.75, 3.05) is 6.79 Å². The van der Waals surface area contributed by atoms with Crippen LogP contribution in [-0.4, -0.2) is 45.8 Å². The van der Waals surface area contributed by atoms with Crippen LogP contribution in [-0.2, 0) is 19.1 Å². The highest BCUT2D eigenvalue weighted by Gasteiger charge is 2.46. The molecule has 0 radical (unpaired) electrons. The van der Waals surface area contributed by atoms with E-state index < -0.39 is 48.1 Å². The molecule has 0 aliphatic rings. The number of ketones is 1. The van der Waals surface area contributed by atoms with Gasteiger partial charge >= 0.3 is 11.9 Å². The zero-order chi connectivity index (χ0) is 25.5. The Bertz CT molecular complexity index is 1050. The second-order valence-electron chi connectivity index (χ2n) is 8.22. The van der Waals surface area contributed by atoms with E-state index in [1.165, 1.54) is 38.1 Å². The lowest BCUT2D eigenvalue weighted by molar-refractivity contribution is -0.162. The molecular formula is C23H30N4O7. The maximum absolute atomic E-state index is 13.1. The minimum Gasteiger partial charge on any atom is -0.508 e. The zero-order valence-electron chi connectivity index (χ0n) is 19.2. The maximum Gasteiger partial charge on any atom is 0.341 e. The molecule has 3 atom stereocenters. The monoisotopic (exact) mass is 474 g/mol. The number of carbonyl (C=O) groups is 3. The smallest absolute Gasteiger partial charge is 0.341 e. The van der Waals surface area contributed by atoms with Crippen molar-refractivity contribution in [3.05, 3.63) is 65.2 Å². The first kappa shape index (κ1) is 26.9. The number of phenolic OH excluding ortho intramolecular Hbond substituents is 1. The van der Waals surface area contributed by atoms with Gasteiger partial charge in [0.1, 0.15) is 22.9 Å². The highest BCUT2D eigenvalue weighted by Crippen LogP contribution is 2.30. The molecule has 0 bridgehead atoms. The first-order chi connectivity index (χ1) is 16.0. The van der Waals surface area contributed by atoms with E-state index in [1.54, 1.807) is 31.2 Å². The number of Topliss-reactive ketones (excluding diaryl/α,β-unsaturated/α-hetero) is 1. The molecule has 2 aromatic carbocycles. The van der Waals surface area contributed by atoms with Crippen LogP contribution in [0.1, 0.15) is 47.9 Å². The lowest BCUT2D eigenvalue weighted by atomic mass is 9.80. The number of hydrogen-bond acceptors (Lipinski definition) is 11. The lowest BCUT2D eigenvalue weighted by Crippen LogP contribution is -2.62. The maximum atomic E-state index is 13.1. The van der Waals surface area contributed by atoms with Crippen molar-refractivity contribution < 1.29 is 34.1 Å². The molecule has 0 unspecified atom stereocenters. The van der Waals surface area contributed by atoms with Gasteiger partial charge in [-0.05, 0) is 50.1 Å². The number of benzene rings is 2. The van der Waals surface area contributed by atoms with Gasteiger partial charge < -0.3 is 19.7 Å². The van der Waals surface area contributed by atoms with Crippen molar-refractivity contribution in [2.24, 2.45) is 11.7 Å². The summed E-state index contributed by atoms with van der Waals surface area (Å²) in [6.45, 7) is 3.69. The third-order valence-corrected chi connectivity index (χ3v) is 5.64. The van der Waals surface area contributed by atoms with Gasteiger partial charge in [-0.15, -0.1) is 0 Å². The number of nitrogens with two attached hydrogens (primary N) is 2. The van der Waals surface area contributed by atoms with Crippen LogP contribution in [0.5, 0.6) is 5.75 Å². The van der Waals surface area contributed by atoms with Gasteiger partial charge in [0.2, 0.25) is 6.79 Å².